The molecular formula is C20H32O5SSi. The maximum atomic E-state index is 13.3. The van der Waals surface area contributed by atoms with Crippen LogP contribution in [0, 0.1) is 5.41 Å². The molecule has 1 heterocycles. The molecule has 0 unspecified atom stereocenters. The van der Waals surface area contributed by atoms with Gasteiger partial charge < -0.3 is 9.16 Å². The average molecular weight is 413 g/mol. The fraction of sp³-hybridized carbons (Fsp3) is 0.650. The number of Topliss-reactive ketones (excluding diaryl/α,β-unsaturated/α-hetero) is 1. The molecule has 0 aliphatic carbocycles. The monoisotopic (exact) mass is 412 g/mol. The second-order valence-corrected chi connectivity index (χ2v) is 16.6. The average Bonchev–Trinajstić information content (AvgIpc) is 3.27. The van der Waals surface area contributed by atoms with Crippen molar-refractivity contribution in [3.8, 4) is 0 Å². The molecule has 1 aromatic rings. The quantitative estimate of drug-likeness (QED) is 0.517. The zero-order valence-electron chi connectivity index (χ0n) is 17.6. The Morgan fingerprint density at radius 1 is 1.11 bits per heavy atom. The Balaban J connectivity index is 2.38. The van der Waals surface area contributed by atoms with E-state index in [0.717, 1.165) is 0 Å². The van der Waals surface area contributed by atoms with E-state index in [1.807, 2.05) is 0 Å². The second kappa shape index (κ2) is 6.79. The van der Waals surface area contributed by atoms with E-state index in [4.69, 9.17) is 9.16 Å². The summed E-state index contributed by atoms with van der Waals surface area (Å²) in [5, 5.41) is -0.0170. The summed E-state index contributed by atoms with van der Waals surface area (Å²) < 4.78 is 38.5. The Morgan fingerprint density at radius 2 is 1.63 bits per heavy atom. The zero-order valence-corrected chi connectivity index (χ0v) is 19.4. The van der Waals surface area contributed by atoms with Gasteiger partial charge >= 0.3 is 0 Å². The van der Waals surface area contributed by atoms with Gasteiger partial charge in [0.05, 0.1) is 11.5 Å². The minimum absolute atomic E-state index is 0.0170. The van der Waals surface area contributed by atoms with Crippen LogP contribution in [0.5, 0.6) is 0 Å². The van der Waals surface area contributed by atoms with Gasteiger partial charge in [-0.15, -0.1) is 0 Å². The molecule has 1 aromatic carbocycles. The lowest BCUT2D eigenvalue weighted by molar-refractivity contribution is -0.128. The summed E-state index contributed by atoms with van der Waals surface area (Å²) in [5.41, 5.74) is -0.854. The summed E-state index contributed by atoms with van der Waals surface area (Å²) in [4.78, 5) is 11.4. The first-order valence-electron chi connectivity index (χ1n) is 9.24. The van der Waals surface area contributed by atoms with Crippen LogP contribution in [-0.2, 0) is 23.8 Å². The van der Waals surface area contributed by atoms with E-state index in [0.29, 0.717) is 0 Å². The minimum Gasteiger partial charge on any atom is -0.414 e. The molecule has 1 aliphatic heterocycles. The van der Waals surface area contributed by atoms with Gasteiger partial charge in [0.15, 0.2) is 14.1 Å². The molecule has 0 amide bonds. The fourth-order valence-corrected chi connectivity index (χ4v) is 5.75. The normalized spacial score (nSPS) is 23.9. The first kappa shape index (κ1) is 22.3. The van der Waals surface area contributed by atoms with E-state index in [2.05, 4.69) is 33.9 Å². The van der Waals surface area contributed by atoms with Crippen molar-refractivity contribution >= 4 is 23.9 Å². The molecule has 0 radical (unpaired) electrons. The van der Waals surface area contributed by atoms with Gasteiger partial charge in [-0.1, -0.05) is 59.7 Å². The van der Waals surface area contributed by atoms with Crippen molar-refractivity contribution in [2.75, 3.05) is 6.61 Å². The molecule has 0 aromatic heterocycles. The van der Waals surface area contributed by atoms with Crippen LogP contribution in [-0.4, -0.2) is 40.2 Å². The number of carbonyl (C=O) groups is 1. The Morgan fingerprint density at radius 3 is 2.07 bits per heavy atom. The molecule has 152 valence electrons. The Hall–Kier alpha value is -1.02. The zero-order chi connectivity index (χ0) is 20.9. The van der Waals surface area contributed by atoms with Crippen LogP contribution in [0.1, 0.15) is 41.5 Å². The van der Waals surface area contributed by atoms with Crippen LogP contribution in [0.3, 0.4) is 0 Å². The summed E-state index contributed by atoms with van der Waals surface area (Å²) in [6, 6.07) is 8.03. The highest BCUT2D eigenvalue weighted by molar-refractivity contribution is 7.93. The lowest BCUT2D eigenvalue weighted by atomic mass is 9.88. The smallest absolute Gasteiger partial charge is 0.261 e. The molecular weight excluding hydrogens is 380 g/mol. The molecule has 27 heavy (non-hydrogen) atoms. The van der Waals surface area contributed by atoms with Crippen molar-refractivity contribution in [3.63, 3.8) is 0 Å². The number of ether oxygens (including phenoxy) is 1. The van der Waals surface area contributed by atoms with Crippen molar-refractivity contribution in [3.05, 3.63) is 30.3 Å². The first-order valence-corrected chi connectivity index (χ1v) is 13.6. The number of hydrogen-bond acceptors (Lipinski definition) is 5. The molecule has 0 N–H and O–H groups in total. The molecule has 0 bridgehead atoms. The van der Waals surface area contributed by atoms with Gasteiger partial charge in [-0.25, -0.2) is 8.42 Å². The molecule has 1 saturated heterocycles. The van der Waals surface area contributed by atoms with Crippen molar-refractivity contribution in [1.82, 2.24) is 0 Å². The molecule has 1 aliphatic rings. The van der Waals surface area contributed by atoms with Crippen LogP contribution in [0.2, 0.25) is 18.1 Å². The number of benzene rings is 1. The standard InChI is InChI=1S/C20H32O5SSi/c1-18(2,3)17(21)20(26(22,23)15-12-10-9-11-13-15)16(25-20)14-24-27(7,8)19(4,5)6/h9-13,16H,14H2,1-8H3/t16-,20+/m0/s1. The molecule has 0 spiro atoms. The maximum Gasteiger partial charge on any atom is 0.261 e. The number of sulfone groups is 1. The number of epoxide rings is 1. The van der Waals surface area contributed by atoms with Gasteiger partial charge in [-0.2, -0.15) is 0 Å². The van der Waals surface area contributed by atoms with Crippen molar-refractivity contribution < 1.29 is 22.4 Å². The topological polar surface area (TPSA) is 73.0 Å². The number of ketones is 1. The molecule has 5 nitrogen and oxygen atoms in total. The molecule has 1 fully saturated rings. The van der Waals surface area contributed by atoms with E-state index in [9.17, 15) is 13.2 Å². The van der Waals surface area contributed by atoms with Gasteiger partial charge in [0.25, 0.3) is 4.93 Å². The van der Waals surface area contributed by atoms with Crippen LogP contribution in [0.15, 0.2) is 35.2 Å². The third kappa shape index (κ3) is 3.92. The summed E-state index contributed by atoms with van der Waals surface area (Å²) in [6.07, 6.45) is -0.788. The fourth-order valence-electron chi connectivity index (χ4n) is 2.68. The predicted octanol–water partition coefficient (Wildman–Crippen LogP) is 4.19. The van der Waals surface area contributed by atoms with Crippen LogP contribution < -0.4 is 0 Å². The van der Waals surface area contributed by atoms with Crippen molar-refractivity contribution in [1.29, 1.82) is 0 Å². The summed E-state index contributed by atoms with van der Waals surface area (Å²) in [5.74, 6) is -0.428. The van der Waals surface area contributed by atoms with Gasteiger partial charge in [0, 0.05) is 5.41 Å². The largest absolute Gasteiger partial charge is 0.414 e. The maximum absolute atomic E-state index is 13.3. The summed E-state index contributed by atoms with van der Waals surface area (Å²) in [7, 11) is -6.09. The Bertz CT molecular complexity index is 803. The molecule has 2 rings (SSSR count). The number of rotatable bonds is 6. The van der Waals surface area contributed by atoms with Crippen LogP contribution in [0.4, 0.5) is 0 Å². The van der Waals surface area contributed by atoms with E-state index in [1.54, 1.807) is 39.0 Å². The first-order chi connectivity index (χ1) is 12.1. The van der Waals surface area contributed by atoms with E-state index in [1.165, 1.54) is 12.1 Å². The van der Waals surface area contributed by atoms with Gasteiger partial charge in [0.1, 0.15) is 6.10 Å². The SMILES string of the molecule is CC(C)(C)C(=O)[C@@]1(S(=O)(=O)c2ccccc2)O[C@H]1CO[Si](C)(C)C(C)(C)C. The third-order valence-electron chi connectivity index (χ3n) is 5.54. The van der Waals surface area contributed by atoms with Gasteiger partial charge in [-0.3, -0.25) is 4.79 Å². The van der Waals surface area contributed by atoms with Gasteiger partial charge in [0.2, 0.25) is 9.84 Å². The predicted molar refractivity (Wildman–Crippen MR) is 109 cm³/mol. The summed E-state index contributed by atoms with van der Waals surface area (Å²) >= 11 is 0. The lowest BCUT2D eigenvalue weighted by Crippen LogP contribution is -2.46. The van der Waals surface area contributed by atoms with Crippen LogP contribution >= 0.6 is 0 Å². The highest BCUT2D eigenvalue weighted by Gasteiger charge is 2.73. The minimum atomic E-state index is -4.00. The molecule has 7 heteroatoms. The Kier molecular flexibility index (Phi) is 5.60. The number of carbonyl (C=O) groups excluding carboxylic acids is 1. The van der Waals surface area contributed by atoms with E-state index in [-0.39, 0.29) is 16.5 Å². The number of hydrogen-bond donors (Lipinski definition) is 0. The Labute approximate surface area is 164 Å². The van der Waals surface area contributed by atoms with Crippen LogP contribution in [0.25, 0.3) is 0 Å². The van der Waals surface area contributed by atoms with E-state index < -0.39 is 40.4 Å². The highest BCUT2D eigenvalue weighted by atomic mass is 32.2. The van der Waals surface area contributed by atoms with Crippen molar-refractivity contribution in [2.24, 2.45) is 5.41 Å². The third-order valence-corrected chi connectivity index (χ3v) is 12.3. The van der Waals surface area contributed by atoms with Gasteiger partial charge in [-0.05, 0) is 30.3 Å². The highest BCUT2D eigenvalue weighted by Crippen LogP contribution is 2.50. The summed E-state index contributed by atoms with van der Waals surface area (Å²) in [6.45, 7) is 15.8. The molecule has 0 saturated carbocycles. The van der Waals surface area contributed by atoms with Crippen molar-refractivity contribution in [2.45, 2.75) is 75.6 Å². The lowest BCUT2D eigenvalue weighted by Gasteiger charge is -2.36. The second-order valence-electron chi connectivity index (χ2n) is 9.74. The van der Waals surface area contributed by atoms with E-state index >= 15 is 0 Å². The molecule has 2 atom stereocenters.